The normalized spacial score (nSPS) is 13.0. The zero-order valence-electron chi connectivity index (χ0n) is 9.78. The quantitative estimate of drug-likeness (QED) is 0.733. The molecular weight excluding hydrogens is 242 g/mol. The molecular formula is C12H18ClNOS. The molecule has 0 N–H and O–H groups in total. The van der Waals surface area contributed by atoms with Crippen molar-refractivity contribution in [2.24, 2.45) is 0 Å². The van der Waals surface area contributed by atoms with E-state index in [1.807, 2.05) is 12.1 Å². The maximum atomic E-state index is 11.9. The van der Waals surface area contributed by atoms with Crippen LogP contribution >= 0.6 is 11.6 Å². The maximum absolute atomic E-state index is 11.9. The SMILES string of the molecule is CN(C)CCCCS(=O)c1ccc(Cl)cc1. The monoisotopic (exact) mass is 259 g/mol. The lowest BCUT2D eigenvalue weighted by Crippen LogP contribution is -2.13. The van der Waals surface area contributed by atoms with E-state index in [0.717, 1.165) is 30.0 Å². The van der Waals surface area contributed by atoms with E-state index in [1.54, 1.807) is 12.1 Å². The van der Waals surface area contributed by atoms with Gasteiger partial charge in [-0.2, -0.15) is 0 Å². The van der Waals surface area contributed by atoms with Crippen LogP contribution in [0, 0.1) is 0 Å². The topological polar surface area (TPSA) is 20.3 Å². The number of rotatable bonds is 6. The second-order valence-electron chi connectivity index (χ2n) is 4.01. The number of hydrogen-bond donors (Lipinski definition) is 0. The molecule has 1 unspecified atom stereocenters. The predicted octanol–water partition coefficient (Wildman–Crippen LogP) is 2.79. The van der Waals surface area contributed by atoms with Crippen LogP contribution in [0.2, 0.25) is 5.02 Å². The van der Waals surface area contributed by atoms with E-state index in [1.165, 1.54) is 0 Å². The maximum Gasteiger partial charge on any atom is 0.0529 e. The van der Waals surface area contributed by atoms with Crippen molar-refractivity contribution in [3.8, 4) is 0 Å². The lowest BCUT2D eigenvalue weighted by Gasteiger charge is -2.08. The van der Waals surface area contributed by atoms with Crippen molar-refractivity contribution in [1.82, 2.24) is 4.90 Å². The average Bonchev–Trinajstić information content (AvgIpc) is 2.25. The van der Waals surface area contributed by atoms with Gasteiger partial charge in [-0.1, -0.05) is 11.6 Å². The number of nitrogens with zero attached hydrogens (tertiary/aromatic N) is 1. The van der Waals surface area contributed by atoms with Gasteiger partial charge in [0.15, 0.2) is 0 Å². The van der Waals surface area contributed by atoms with E-state index in [-0.39, 0.29) is 0 Å². The van der Waals surface area contributed by atoms with Gasteiger partial charge >= 0.3 is 0 Å². The minimum absolute atomic E-state index is 0.688. The average molecular weight is 260 g/mol. The molecule has 0 aliphatic carbocycles. The molecule has 0 aliphatic heterocycles. The first-order chi connectivity index (χ1) is 7.59. The third-order valence-electron chi connectivity index (χ3n) is 2.26. The minimum atomic E-state index is -0.884. The molecule has 0 bridgehead atoms. The third kappa shape index (κ3) is 5.10. The molecule has 1 aromatic carbocycles. The van der Waals surface area contributed by atoms with Gasteiger partial charge in [0.2, 0.25) is 0 Å². The summed E-state index contributed by atoms with van der Waals surface area (Å²) < 4.78 is 11.9. The van der Waals surface area contributed by atoms with Crippen molar-refractivity contribution in [2.75, 3.05) is 26.4 Å². The fourth-order valence-corrected chi connectivity index (χ4v) is 2.63. The second kappa shape index (κ2) is 7.05. The molecule has 0 saturated heterocycles. The van der Waals surface area contributed by atoms with Crippen molar-refractivity contribution in [2.45, 2.75) is 17.7 Å². The first-order valence-electron chi connectivity index (χ1n) is 5.38. The van der Waals surface area contributed by atoms with Crippen molar-refractivity contribution >= 4 is 22.4 Å². The Labute approximate surface area is 105 Å². The number of unbranched alkanes of at least 4 members (excludes halogenated alkanes) is 1. The molecule has 1 aromatic rings. The van der Waals surface area contributed by atoms with Crippen LogP contribution in [0.25, 0.3) is 0 Å². The Morgan fingerprint density at radius 3 is 2.38 bits per heavy atom. The highest BCUT2D eigenvalue weighted by Gasteiger charge is 2.03. The summed E-state index contributed by atoms with van der Waals surface area (Å²) in [6.45, 7) is 1.05. The minimum Gasteiger partial charge on any atom is -0.309 e. The molecule has 0 fully saturated rings. The van der Waals surface area contributed by atoms with Gasteiger partial charge < -0.3 is 4.90 Å². The molecule has 0 saturated carbocycles. The molecule has 90 valence electrons. The fourth-order valence-electron chi connectivity index (χ4n) is 1.37. The molecule has 1 rings (SSSR count). The summed E-state index contributed by atoms with van der Waals surface area (Å²) in [6, 6.07) is 7.25. The molecule has 0 aliphatic rings. The van der Waals surface area contributed by atoms with Gasteiger partial charge in [-0.05, 0) is 57.7 Å². The van der Waals surface area contributed by atoms with Crippen LogP contribution in [0.5, 0.6) is 0 Å². The molecule has 0 heterocycles. The summed E-state index contributed by atoms with van der Waals surface area (Å²) >= 11 is 5.77. The van der Waals surface area contributed by atoms with Crippen LogP contribution in [0.15, 0.2) is 29.2 Å². The predicted molar refractivity (Wildman–Crippen MR) is 70.5 cm³/mol. The number of benzene rings is 1. The first kappa shape index (κ1) is 13.7. The van der Waals surface area contributed by atoms with E-state index in [4.69, 9.17) is 11.6 Å². The van der Waals surface area contributed by atoms with Gasteiger partial charge in [-0.3, -0.25) is 4.21 Å². The Balaban J connectivity index is 2.32. The smallest absolute Gasteiger partial charge is 0.0529 e. The fraction of sp³-hybridized carbons (Fsp3) is 0.500. The van der Waals surface area contributed by atoms with Gasteiger partial charge in [-0.25, -0.2) is 0 Å². The van der Waals surface area contributed by atoms with Crippen LogP contribution in [0.1, 0.15) is 12.8 Å². The molecule has 0 radical (unpaired) electrons. The standard InChI is InChI=1S/C12H18ClNOS/c1-14(2)9-3-4-10-16(15)12-7-5-11(13)6-8-12/h5-8H,3-4,9-10H2,1-2H3. The summed E-state index contributed by atoms with van der Waals surface area (Å²) in [5.41, 5.74) is 0. The molecule has 4 heteroatoms. The summed E-state index contributed by atoms with van der Waals surface area (Å²) in [6.07, 6.45) is 2.08. The van der Waals surface area contributed by atoms with Gasteiger partial charge in [0.25, 0.3) is 0 Å². The highest BCUT2D eigenvalue weighted by Crippen LogP contribution is 2.13. The molecule has 1 atom stereocenters. The van der Waals surface area contributed by atoms with Crippen LogP contribution < -0.4 is 0 Å². The molecule has 2 nitrogen and oxygen atoms in total. The van der Waals surface area contributed by atoms with Crippen molar-refractivity contribution in [3.63, 3.8) is 0 Å². The lowest BCUT2D eigenvalue weighted by atomic mass is 10.3. The Kier molecular flexibility index (Phi) is 6.03. The molecule has 0 aromatic heterocycles. The van der Waals surface area contributed by atoms with Gasteiger partial charge in [0.1, 0.15) is 0 Å². The zero-order chi connectivity index (χ0) is 12.0. The Bertz CT molecular complexity index is 337. The van der Waals surface area contributed by atoms with Gasteiger partial charge in [-0.15, -0.1) is 0 Å². The summed E-state index contributed by atoms with van der Waals surface area (Å²) in [4.78, 5) is 3.01. The summed E-state index contributed by atoms with van der Waals surface area (Å²) in [7, 11) is 3.22. The zero-order valence-corrected chi connectivity index (χ0v) is 11.4. The Morgan fingerprint density at radius 2 is 1.81 bits per heavy atom. The van der Waals surface area contributed by atoms with Crippen molar-refractivity contribution in [1.29, 1.82) is 0 Å². The number of halogens is 1. The van der Waals surface area contributed by atoms with E-state index in [2.05, 4.69) is 19.0 Å². The van der Waals surface area contributed by atoms with Crippen LogP contribution in [-0.2, 0) is 10.8 Å². The Hall–Kier alpha value is -0.380. The van der Waals surface area contributed by atoms with E-state index >= 15 is 0 Å². The van der Waals surface area contributed by atoms with Gasteiger partial charge in [0.05, 0.1) is 10.8 Å². The number of hydrogen-bond acceptors (Lipinski definition) is 2. The second-order valence-corrected chi connectivity index (χ2v) is 6.02. The van der Waals surface area contributed by atoms with Crippen LogP contribution in [0.3, 0.4) is 0 Å². The first-order valence-corrected chi connectivity index (χ1v) is 7.08. The van der Waals surface area contributed by atoms with E-state index < -0.39 is 10.8 Å². The molecule has 0 spiro atoms. The largest absolute Gasteiger partial charge is 0.309 e. The lowest BCUT2D eigenvalue weighted by molar-refractivity contribution is 0.398. The van der Waals surface area contributed by atoms with Crippen molar-refractivity contribution < 1.29 is 4.21 Å². The summed E-state index contributed by atoms with van der Waals surface area (Å²) in [5, 5.41) is 0.688. The highest BCUT2D eigenvalue weighted by molar-refractivity contribution is 7.85. The van der Waals surface area contributed by atoms with E-state index in [9.17, 15) is 4.21 Å². The summed E-state index contributed by atoms with van der Waals surface area (Å²) in [5.74, 6) is 0.732. The van der Waals surface area contributed by atoms with Crippen molar-refractivity contribution in [3.05, 3.63) is 29.3 Å². The molecule has 0 amide bonds. The van der Waals surface area contributed by atoms with Gasteiger partial charge in [0, 0.05) is 15.7 Å². The van der Waals surface area contributed by atoms with Crippen LogP contribution in [0.4, 0.5) is 0 Å². The third-order valence-corrected chi connectivity index (χ3v) is 3.97. The van der Waals surface area contributed by atoms with Crippen LogP contribution in [-0.4, -0.2) is 35.5 Å². The Morgan fingerprint density at radius 1 is 1.19 bits per heavy atom. The molecule has 16 heavy (non-hydrogen) atoms. The van der Waals surface area contributed by atoms with E-state index in [0.29, 0.717) is 5.02 Å². The highest BCUT2D eigenvalue weighted by atomic mass is 35.5.